The summed E-state index contributed by atoms with van der Waals surface area (Å²) in [4.78, 5) is 9.25. The van der Waals surface area contributed by atoms with E-state index >= 15 is 0 Å². The molecule has 0 bridgehead atoms. The van der Waals surface area contributed by atoms with Crippen LogP contribution in [0.4, 0.5) is 11.6 Å². The molecule has 0 spiro atoms. The van der Waals surface area contributed by atoms with Gasteiger partial charge in [0.05, 0.1) is 0 Å². The van der Waals surface area contributed by atoms with Crippen molar-refractivity contribution >= 4 is 11.6 Å². The van der Waals surface area contributed by atoms with Crippen molar-refractivity contribution in [2.45, 2.75) is 53.4 Å². The minimum Gasteiger partial charge on any atom is -0.381 e. The van der Waals surface area contributed by atoms with Crippen molar-refractivity contribution in [2.24, 2.45) is 0 Å². The van der Waals surface area contributed by atoms with Crippen LogP contribution < -0.4 is 10.6 Å². The maximum Gasteiger partial charge on any atom is 0.135 e. The number of rotatable bonds is 10. The fourth-order valence-corrected chi connectivity index (χ4v) is 1.93. The summed E-state index contributed by atoms with van der Waals surface area (Å²) >= 11 is 0. The van der Waals surface area contributed by atoms with Crippen LogP contribution in [0.15, 0.2) is 0 Å². The van der Waals surface area contributed by atoms with Crippen molar-refractivity contribution < 1.29 is 4.74 Å². The van der Waals surface area contributed by atoms with Crippen LogP contribution in [0.3, 0.4) is 0 Å². The zero-order valence-corrected chi connectivity index (χ0v) is 14.1. The highest BCUT2D eigenvalue weighted by molar-refractivity contribution is 5.57. The summed E-state index contributed by atoms with van der Waals surface area (Å²) in [5.74, 6) is 3.05. The zero-order valence-electron chi connectivity index (χ0n) is 14.1. The molecule has 0 saturated carbocycles. The molecule has 0 fully saturated rings. The summed E-state index contributed by atoms with van der Waals surface area (Å²) in [7, 11) is 0. The summed E-state index contributed by atoms with van der Waals surface area (Å²) in [6.07, 6.45) is 2.05. The van der Waals surface area contributed by atoms with Gasteiger partial charge in [0.25, 0.3) is 0 Å². The molecule has 5 nitrogen and oxygen atoms in total. The van der Waals surface area contributed by atoms with Crippen LogP contribution in [-0.4, -0.2) is 36.3 Å². The molecule has 5 heteroatoms. The van der Waals surface area contributed by atoms with Gasteiger partial charge in [0.1, 0.15) is 17.5 Å². The first-order valence-electron chi connectivity index (χ1n) is 8.04. The first-order valence-corrected chi connectivity index (χ1v) is 8.04. The topological polar surface area (TPSA) is 59.1 Å². The van der Waals surface area contributed by atoms with Crippen LogP contribution in [-0.2, 0) is 4.74 Å². The van der Waals surface area contributed by atoms with Gasteiger partial charge in [-0.15, -0.1) is 0 Å². The Morgan fingerprint density at radius 2 is 1.71 bits per heavy atom. The minimum absolute atomic E-state index is 0.316. The van der Waals surface area contributed by atoms with E-state index < -0.39 is 0 Å². The predicted molar refractivity (Wildman–Crippen MR) is 89.2 cm³/mol. The highest BCUT2D eigenvalue weighted by atomic mass is 16.5. The molecule has 2 N–H and O–H groups in total. The molecular formula is C16H30N4O. The van der Waals surface area contributed by atoms with E-state index in [-0.39, 0.29) is 0 Å². The molecule has 0 aliphatic heterocycles. The van der Waals surface area contributed by atoms with E-state index in [2.05, 4.69) is 55.2 Å². The van der Waals surface area contributed by atoms with Gasteiger partial charge in [-0.05, 0) is 26.7 Å². The fraction of sp³-hybridized carbons (Fsp3) is 0.750. The second-order valence-corrected chi connectivity index (χ2v) is 5.48. The first kappa shape index (κ1) is 17.7. The van der Waals surface area contributed by atoms with Crippen LogP contribution in [0.2, 0.25) is 0 Å². The van der Waals surface area contributed by atoms with Gasteiger partial charge in [-0.25, -0.2) is 9.97 Å². The Morgan fingerprint density at radius 1 is 1.05 bits per heavy atom. The minimum atomic E-state index is 0.316. The second kappa shape index (κ2) is 9.55. The molecule has 0 aliphatic rings. The summed E-state index contributed by atoms with van der Waals surface area (Å²) in [6, 6.07) is 0. The quantitative estimate of drug-likeness (QED) is 0.646. The number of nitrogens with zero attached hydrogens (tertiary/aromatic N) is 2. The lowest BCUT2D eigenvalue weighted by molar-refractivity contribution is 0.134. The van der Waals surface area contributed by atoms with Crippen molar-refractivity contribution in [3.63, 3.8) is 0 Å². The SMILES string of the molecule is CCCOCCCNc1nc(C(C)C)nc(NCC)c1C. The van der Waals surface area contributed by atoms with Gasteiger partial charge >= 0.3 is 0 Å². The van der Waals surface area contributed by atoms with E-state index in [4.69, 9.17) is 4.74 Å². The number of hydrogen-bond donors (Lipinski definition) is 2. The number of nitrogens with one attached hydrogen (secondary N) is 2. The van der Waals surface area contributed by atoms with Gasteiger partial charge in [-0.2, -0.15) is 0 Å². The predicted octanol–water partition coefficient (Wildman–Crippen LogP) is 3.57. The number of hydrogen-bond acceptors (Lipinski definition) is 5. The molecule has 1 aromatic heterocycles. The fourth-order valence-electron chi connectivity index (χ4n) is 1.93. The van der Waals surface area contributed by atoms with Crippen molar-refractivity contribution in [3.8, 4) is 0 Å². The zero-order chi connectivity index (χ0) is 15.7. The van der Waals surface area contributed by atoms with Gasteiger partial charge in [-0.1, -0.05) is 20.8 Å². The third-order valence-corrected chi connectivity index (χ3v) is 3.13. The smallest absolute Gasteiger partial charge is 0.135 e. The average Bonchev–Trinajstić information content (AvgIpc) is 2.46. The Labute approximate surface area is 128 Å². The molecule has 0 saturated heterocycles. The van der Waals surface area contributed by atoms with Crippen molar-refractivity contribution in [1.82, 2.24) is 9.97 Å². The molecule has 0 aliphatic carbocycles. The molecular weight excluding hydrogens is 264 g/mol. The third-order valence-electron chi connectivity index (χ3n) is 3.13. The molecule has 0 radical (unpaired) electrons. The maximum absolute atomic E-state index is 5.49. The van der Waals surface area contributed by atoms with Gasteiger partial charge < -0.3 is 15.4 Å². The Balaban J connectivity index is 2.66. The first-order chi connectivity index (χ1) is 10.1. The highest BCUT2D eigenvalue weighted by Crippen LogP contribution is 2.22. The van der Waals surface area contributed by atoms with E-state index in [9.17, 15) is 0 Å². The van der Waals surface area contributed by atoms with E-state index in [1.54, 1.807) is 0 Å². The number of ether oxygens (including phenoxy) is 1. The van der Waals surface area contributed by atoms with Crippen molar-refractivity contribution in [3.05, 3.63) is 11.4 Å². The summed E-state index contributed by atoms with van der Waals surface area (Å²) < 4.78 is 5.49. The monoisotopic (exact) mass is 294 g/mol. The molecule has 120 valence electrons. The highest BCUT2D eigenvalue weighted by Gasteiger charge is 2.12. The summed E-state index contributed by atoms with van der Waals surface area (Å²) in [5, 5.41) is 6.73. The molecule has 1 heterocycles. The van der Waals surface area contributed by atoms with Crippen molar-refractivity contribution in [2.75, 3.05) is 36.9 Å². The molecule has 0 atom stereocenters. The molecule has 0 amide bonds. The molecule has 1 rings (SSSR count). The van der Waals surface area contributed by atoms with Gasteiger partial charge in [0, 0.05) is 37.8 Å². The van der Waals surface area contributed by atoms with Crippen molar-refractivity contribution in [1.29, 1.82) is 0 Å². The largest absolute Gasteiger partial charge is 0.381 e. The molecule has 0 aromatic carbocycles. The van der Waals surface area contributed by atoms with Gasteiger partial charge in [0.2, 0.25) is 0 Å². The lowest BCUT2D eigenvalue weighted by atomic mass is 10.2. The Kier molecular flexibility index (Phi) is 8.05. The number of anilines is 2. The number of aromatic nitrogens is 2. The second-order valence-electron chi connectivity index (χ2n) is 5.48. The van der Waals surface area contributed by atoms with Crippen LogP contribution in [0.25, 0.3) is 0 Å². The normalized spacial score (nSPS) is 11.0. The average molecular weight is 294 g/mol. The Morgan fingerprint density at radius 3 is 2.29 bits per heavy atom. The molecule has 21 heavy (non-hydrogen) atoms. The van der Waals surface area contributed by atoms with E-state index in [1.807, 2.05) is 0 Å². The van der Waals surface area contributed by atoms with E-state index in [1.165, 1.54) is 0 Å². The maximum atomic E-state index is 5.49. The molecule has 0 unspecified atom stereocenters. The van der Waals surface area contributed by atoms with Crippen LogP contribution in [0.5, 0.6) is 0 Å². The van der Waals surface area contributed by atoms with E-state index in [0.29, 0.717) is 5.92 Å². The van der Waals surface area contributed by atoms with Crippen LogP contribution in [0.1, 0.15) is 57.8 Å². The third kappa shape index (κ3) is 5.87. The van der Waals surface area contributed by atoms with Gasteiger partial charge in [-0.3, -0.25) is 0 Å². The van der Waals surface area contributed by atoms with Crippen LogP contribution >= 0.6 is 0 Å². The lowest BCUT2D eigenvalue weighted by Crippen LogP contribution is -2.13. The summed E-state index contributed by atoms with van der Waals surface area (Å²) in [5.41, 5.74) is 1.08. The van der Waals surface area contributed by atoms with E-state index in [0.717, 1.165) is 62.2 Å². The van der Waals surface area contributed by atoms with Crippen LogP contribution in [0, 0.1) is 6.92 Å². The lowest BCUT2D eigenvalue weighted by Gasteiger charge is -2.16. The van der Waals surface area contributed by atoms with Gasteiger partial charge in [0.15, 0.2) is 0 Å². The summed E-state index contributed by atoms with van der Waals surface area (Å²) in [6.45, 7) is 13.8. The standard InChI is InChI=1S/C16H30N4O/c1-6-10-21-11-8-9-18-16-13(5)15(17-7-2)19-14(20-16)12(3)4/h12H,6-11H2,1-5H3,(H2,17,18,19,20). The Bertz CT molecular complexity index is 421. The Hall–Kier alpha value is -1.36. The molecule has 1 aromatic rings.